The molecule has 1 aliphatic heterocycles. The van der Waals surface area contributed by atoms with Crippen molar-refractivity contribution in [2.45, 2.75) is 141 Å². The van der Waals surface area contributed by atoms with Crippen LogP contribution in [0.5, 0.6) is 0 Å². The monoisotopic (exact) mass is 616 g/mol. The van der Waals surface area contributed by atoms with Crippen molar-refractivity contribution in [1.29, 1.82) is 0 Å². The van der Waals surface area contributed by atoms with Gasteiger partial charge in [0, 0.05) is 12.3 Å². The second-order valence-electron chi connectivity index (χ2n) is 15.9. The molecule has 1 fully saturated rings. The van der Waals surface area contributed by atoms with Crippen LogP contribution in [-0.4, -0.2) is 70.6 Å². The first-order chi connectivity index (χ1) is 17.7. The minimum absolute atomic E-state index is 0.0651. The summed E-state index contributed by atoms with van der Waals surface area (Å²) in [6.07, 6.45) is -0.961. The number of hydrogen-bond donors (Lipinski definition) is 2. The van der Waals surface area contributed by atoms with Gasteiger partial charge in [0.15, 0.2) is 31.2 Å². The maximum Gasteiger partial charge on any atom is 0.330 e. The van der Waals surface area contributed by atoms with Crippen molar-refractivity contribution < 1.29 is 23.1 Å². The molecule has 12 heteroatoms. The minimum Gasteiger partial charge on any atom is -0.414 e. The molecule has 2 rings (SSSR count). The molecule has 1 saturated heterocycles. The Kier molecular flexibility index (Phi) is 10.0. The maximum atomic E-state index is 13.1. The van der Waals surface area contributed by atoms with Crippen LogP contribution in [0.2, 0.25) is 54.4 Å². The molecule has 0 bridgehead atoms. The summed E-state index contributed by atoms with van der Waals surface area (Å²) < 4.78 is 28.9. The summed E-state index contributed by atoms with van der Waals surface area (Å²) in [7, 11) is -7.16. The first-order valence-corrected chi connectivity index (χ1v) is 23.0. The molecule has 40 heavy (non-hydrogen) atoms. The number of H-pyrrole nitrogens is 1. The summed E-state index contributed by atoms with van der Waals surface area (Å²) >= 11 is 0. The third-order valence-corrected chi connectivity index (χ3v) is 23.2. The standard InChI is InChI=1S/C28H56N2O7Si3/c1-25(2,3)38(10,11)34-19-28(18-31)22(37-40(14,15)27(7,8)9)21(36-39(12,13)26(4,5)6)23(35-28)30-17-16-20(32)29-24(30)33/h16-17,21-23,31H,18-19H2,1-15H3,(H,29,32,33). The van der Waals surface area contributed by atoms with E-state index in [1.165, 1.54) is 16.8 Å². The molecule has 0 spiro atoms. The summed E-state index contributed by atoms with van der Waals surface area (Å²) in [4.78, 5) is 27.4. The van der Waals surface area contributed by atoms with Crippen LogP contribution in [-0.2, 0) is 18.0 Å². The van der Waals surface area contributed by atoms with Gasteiger partial charge < -0.3 is 23.1 Å². The Balaban J connectivity index is 2.81. The topological polar surface area (TPSA) is 112 Å². The summed E-state index contributed by atoms with van der Waals surface area (Å²) in [5.41, 5.74) is -2.39. The van der Waals surface area contributed by atoms with Crippen LogP contribution in [0.1, 0.15) is 68.5 Å². The fraction of sp³-hybridized carbons (Fsp3) is 0.857. The van der Waals surface area contributed by atoms with E-state index in [9.17, 15) is 14.7 Å². The van der Waals surface area contributed by atoms with Crippen molar-refractivity contribution in [3.05, 3.63) is 33.1 Å². The maximum absolute atomic E-state index is 13.1. The van der Waals surface area contributed by atoms with Crippen LogP contribution in [0.4, 0.5) is 0 Å². The first-order valence-electron chi connectivity index (χ1n) is 14.3. The van der Waals surface area contributed by atoms with E-state index in [0.29, 0.717) is 0 Å². The zero-order valence-electron chi connectivity index (χ0n) is 27.6. The number of ether oxygens (including phenoxy) is 1. The Labute approximate surface area is 244 Å². The van der Waals surface area contributed by atoms with E-state index in [2.05, 4.69) is 107 Å². The number of nitrogens with one attached hydrogen (secondary N) is 1. The first kappa shape index (κ1) is 35.3. The molecular formula is C28H56N2O7Si3. The molecule has 0 amide bonds. The number of aliphatic hydroxyl groups is 1. The molecule has 232 valence electrons. The van der Waals surface area contributed by atoms with Gasteiger partial charge >= 0.3 is 5.69 Å². The summed E-state index contributed by atoms with van der Waals surface area (Å²) in [6.45, 7) is 32.1. The normalized spacial score (nSPS) is 25.4. The molecule has 0 saturated carbocycles. The zero-order valence-corrected chi connectivity index (χ0v) is 30.6. The lowest BCUT2D eigenvalue weighted by atomic mass is 9.97. The van der Waals surface area contributed by atoms with Crippen LogP contribution in [0.25, 0.3) is 0 Å². The Hall–Kier alpha value is -0.869. The van der Waals surface area contributed by atoms with Crippen molar-refractivity contribution in [3.8, 4) is 0 Å². The van der Waals surface area contributed by atoms with Crippen molar-refractivity contribution in [2.75, 3.05) is 13.2 Å². The Morgan fingerprint density at radius 2 is 1.35 bits per heavy atom. The molecule has 4 unspecified atom stereocenters. The molecule has 0 aliphatic carbocycles. The van der Waals surface area contributed by atoms with Gasteiger partial charge in [0.25, 0.3) is 5.56 Å². The number of aromatic amines is 1. The Morgan fingerprint density at radius 3 is 1.77 bits per heavy atom. The number of aliphatic hydroxyl groups excluding tert-OH is 1. The van der Waals surface area contributed by atoms with Gasteiger partial charge in [0.1, 0.15) is 17.8 Å². The van der Waals surface area contributed by atoms with E-state index in [1.54, 1.807) is 0 Å². The van der Waals surface area contributed by atoms with Gasteiger partial charge in [-0.1, -0.05) is 62.3 Å². The predicted octanol–water partition coefficient (Wildman–Crippen LogP) is 5.60. The van der Waals surface area contributed by atoms with Crippen molar-refractivity contribution in [2.24, 2.45) is 0 Å². The molecular weight excluding hydrogens is 561 g/mol. The molecule has 0 radical (unpaired) electrons. The van der Waals surface area contributed by atoms with Crippen LogP contribution < -0.4 is 11.2 Å². The van der Waals surface area contributed by atoms with Crippen molar-refractivity contribution in [1.82, 2.24) is 9.55 Å². The van der Waals surface area contributed by atoms with Gasteiger partial charge in [-0.25, -0.2) is 4.79 Å². The number of rotatable bonds is 9. The lowest BCUT2D eigenvalue weighted by molar-refractivity contribution is -0.145. The lowest BCUT2D eigenvalue weighted by Gasteiger charge is -2.46. The van der Waals surface area contributed by atoms with E-state index in [0.717, 1.165) is 0 Å². The van der Waals surface area contributed by atoms with Crippen molar-refractivity contribution >= 4 is 25.0 Å². The molecule has 4 atom stereocenters. The fourth-order valence-electron chi connectivity index (χ4n) is 3.78. The predicted molar refractivity (Wildman–Crippen MR) is 169 cm³/mol. The largest absolute Gasteiger partial charge is 0.414 e. The zero-order chi connectivity index (χ0) is 31.3. The second kappa shape index (κ2) is 11.3. The fourth-order valence-corrected chi connectivity index (χ4v) is 7.43. The summed E-state index contributed by atoms with van der Waals surface area (Å²) in [6, 6.07) is 1.29. The molecule has 9 nitrogen and oxygen atoms in total. The van der Waals surface area contributed by atoms with Crippen molar-refractivity contribution in [3.63, 3.8) is 0 Å². The summed E-state index contributed by atoms with van der Waals surface area (Å²) in [5, 5.41) is 10.8. The van der Waals surface area contributed by atoms with Gasteiger partial charge in [-0.05, 0) is 54.4 Å². The molecule has 2 heterocycles. The highest BCUT2D eigenvalue weighted by atomic mass is 28.4. The van der Waals surface area contributed by atoms with Gasteiger partial charge in [-0.2, -0.15) is 0 Å². The van der Waals surface area contributed by atoms with E-state index < -0.39 is 60.2 Å². The molecule has 0 aromatic carbocycles. The highest BCUT2D eigenvalue weighted by Crippen LogP contribution is 2.49. The molecule has 1 aromatic rings. The summed E-state index contributed by atoms with van der Waals surface area (Å²) in [5.74, 6) is 0. The average Bonchev–Trinajstić information content (AvgIpc) is 3.02. The Bertz CT molecular complexity index is 1140. The van der Waals surface area contributed by atoms with Gasteiger partial charge in [-0.3, -0.25) is 14.3 Å². The quantitative estimate of drug-likeness (QED) is 0.348. The minimum atomic E-state index is -2.45. The third-order valence-electron chi connectivity index (χ3n) is 9.79. The number of aromatic nitrogens is 2. The number of hydrogen-bond acceptors (Lipinski definition) is 7. The van der Waals surface area contributed by atoms with E-state index in [1.807, 2.05) is 0 Å². The van der Waals surface area contributed by atoms with Gasteiger partial charge in [0.2, 0.25) is 0 Å². The van der Waals surface area contributed by atoms with Crippen LogP contribution in [0.15, 0.2) is 21.9 Å². The van der Waals surface area contributed by atoms with Gasteiger partial charge in [-0.15, -0.1) is 0 Å². The smallest absolute Gasteiger partial charge is 0.330 e. The molecule has 1 aromatic heterocycles. The van der Waals surface area contributed by atoms with Crippen LogP contribution in [0.3, 0.4) is 0 Å². The average molecular weight is 617 g/mol. The SMILES string of the molecule is CC(C)(C)[Si](C)(C)OCC1(CO)OC(n2ccc(=O)[nH]c2=O)C(O[Si](C)(C)C(C)(C)C)C1O[Si](C)(C)C(C)(C)C. The highest BCUT2D eigenvalue weighted by Gasteiger charge is 2.62. The van der Waals surface area contributed by atoms with E-state index in [-0.39, 0.29) is 28.3 Å². The Morgan fingerprint density at radius 1 is 0.875 bits per heavy atom. The van der Waals surface area contributed by atoms with E-state index >= 15 is 0 Å². The molecule has 2 N–H and O–H groups in total. The third kappa shape index (κ3) is 7.19. The molecule has 1 aliphatic rings. The van der Waals surface area contributed by atoms with E-state index in [4.69, 9.17) is 18.0 Å². The lowest BCUT2D eigenvalue weighted by Crippen LogP contribution is -2.60. The van der Waals surface area contributed by atoms with Gasteiger partial charge in [0.05, 0.1) is 13.2 Å². The van der Waals surface area contributed by atoms with Crippen LogP contribution in [0, 0.1) is 0 Å². The van der Waals surface area contributed by atoms with Crippen LogP contribution >= 0.6 is 0 Å². The second-order valence-corrected chi connectivity index (χ2v) is 30.3. The highest BCUT2D eigenvalue weighted by molar-refractivity contribution is 6.75. The number of nitrogens with zero attached hydrogens (tertiary/aromatic N) is 1.